The fourth-order valence-corrected chi connectivity index (χ4v) is 11.7. The Hall–Kier alpha value is -8.20. The predicted molar refractivity (Wildman–Crippen MR) is 287 cm³/mol. The lowest BCUT2D eigenvalue weighted by molar-refractivity contribution is 0.660. The predicted octanol–water partition coefficient (Wildman–Crippen LogP) is 17.9. The van der Waals surface area contributed by atoms with E-state index < -0.39 is 0 Å². The van der Waals surface area contributed by atoms with Crippen molar-refractivity contribution in [3.63, 3.8) is 0 Å². The van der Waals surface area contributed by atoms with Gasteiger partial charge >= 0.3 is 0 Å². The summed E-state index contributed by atoms with van der Waals surface area (Å²) >= 11 is 0. The molecular formula is C66H50N2. The highest BCUT2D eigenvalue weighted by Crippen LogP contribution is 2.53. The molecule has 0 N–H and O–H groups in total. The molecule has 0 fully saturated rings. The first-order chi connectivity index (χ1) is 33.2. The van der Waals surface area contributed by atoms with Gasteiger partial charge in [0.05, 0.1) is 11.0 Å². The summed E-state index contributed by atoms with van der Waals surface area (Å²) in [5.74, 6) is 0. The van der Waals surface area contributed by atoms with Crippen LogP contribution in [0, 0.1) is 0 Å². The van der Waals surface area contributed by atoms with Crippen molar-refractivity contribution in [2.45, 2.75) is 38.5 Å². The molecule has 1 heterocycles. The highest BCUT2D eigenvalue weighted by molar-refractivity contribution is 6.10. The number of para-hydroxylation sites is 1. The van der Waals surface area contributed by atoms with Gasteiger partial charge in [-0.25, -0.2) is 0 Å². The van der Waals surface area contributed by atoms with Gasteiger partial charge in [0.1, 0.15) is 0 Å². The molecule has 2 nitrogen and oxygen atoms in total. The Morgan fingerprint density at radius 3 is 1.41 bits per heavy atom. The number of hydrogen-bond acceptors (Lipinski definition) is 1. The molecule has 2 heteroatoms. The fraction of sp³-hybridized carbons (Fsp3) is 0.0909. The minimum Gasteiger partial charge on any atom is -0.310 e. The zero-order valence-electron chi connectivity index (χ0n) is 38.8. The Morgan fingerprint density at radius 2 is 0.750 bits per heavy atom. The molecule has 68 heavy (non-hydrogen) atoms. The van der Waals surface area contributed by atoms with Crippen LogP contribution in [0.3, 0.4) is 0 Å². The molecule has 0 atom stereocenters. The van der Waals surface area contributed by atoms with Crippen LogP contribution in [0.25, 0.3) is 83.1 Å². The Balaban J connectivity index is 0.913. The van der Waals surface area contributed by atoms with Gasteiger partial charge in [-0.15, -0.1) is 0 Å². The number of fused-ring (bicyclic) bond motifs is 9. The number of rotatable bonds is 7. The molecule has 0 saturated carbocycles. The minimum atomic E-state index is -0.116. The number of aromatic nitrogens is 1. The van der Waals surface area contributed by atoms with Crippen molar-refractivity contribution in [3.8, 4) is 61.3 Å². The van der Waals surface area contributed by atoms with Crippen LogP contribution in [-0.4, -0.2) is 4.57 Å². The first-order valence-corrected chi connectivity index (χ1v) is 23.9. The molecule has 2 aliphatic carbocycles. The third-order valence-corrected chi connectivity index (χ3v) is 15.2. The van der Waals surface area contributed by atoms with E-state index in [9.17, 15) is 0 Å². The average molecular weight is 871 g/mol. The molecule has 324 valence electrons. The molecule has 0 radical (unpaired) electrons. The number of anilines is 3. The third kappa shape index (κ3) is 6.17. The molecule has 0 unspecified atom stereocenters. The summed E-state index contributed by atoms with van der Waals surface area (Å²) in [4.78, 5) is 2.46. The SMILES string of the molecule is CC1(C)c2ccccc2-c2ccc(N(c3ccc(-c4ccc5c6ccccc6n(-c6cccc(-c7cccc(-c8ccccc8)c7)c6)c5c4)cc3)c3ccc4c(c3)C(C)(C)c3ccccc3-4)cc21. The zero-order valence-corrected chi connectivity index (χ0v) is 38.8. The van der Waals surface area contributed by atoms with Crippen LogP contribution in [0.1, 0.15) is 49.9 Å². The van der Waals surface area contributed by atoms with Gasteiger partial charge in [0.2, 0.25) is 0 Å². The summed E-state index contributed by atoms with van der Waals surface area (Å²) in [6.45, 7) is 9.47. The van der Waals surface area contributed by atoms with Crippen LogP contribution in [0.15, 0.2) is 231 Å². The molecule has 11 aromatic rings. The molecule has 0 bridgehead atoms. The van der Waals surface area contributed by atoms with E-state index in [0.717, 1.165) is 22.7 Å². The fourth-order valence-electron chi connectivity index (χ4n) is 11.7. The maximum Gasteiger partial charge on any atom is 0.0547 e. The van der Waals surface area contributed by atoms with Crippen LogP contribution in [0.2, 0.25) is 0 Å². The Labute approximate surface area is 399 Å². The second-order valence-electron chi connectivity index (χ2n) is 19.8. The molecule has 0 aliphatic heterocycles. The van der Waals surface area contributed by atoms with Crippen LogP contribution in [0.4, 0.5) is 17.1 Å². The van der Waals surface area contributed by atoms with Crippen LogP contribution in [-0.2, 0) is 10.8 Å². The van der Waals surface area contributed by atoms with E-state index in [2.05, 4.69) is 268 Å². The lowest BCUT2D eigenvalue weighted by atomic mass is 9.82. The third-order valence-electron chi connectivity index (χ3n) is 15.2. The first-order valence-electron chi connectivity index (χ1n) is 23.9. The van der Waals surface area contributed by atoms with E-state index in [1.165, 1.54) is 99.7 Å². The number of hydrogen-bond donors (Lipinski definition) is 0. The van der Waals surface area contributed by atoms with E-state index in [4.69, 9.17) is 0 Å². The summed E-state index contributed by atoms with van der Waals surface area (Å²) in [7, 11) is 0. The summed E-state index contributed by atoms with van der Waals surface area (Å²) in [5.41, 5.74) is 24.7. The standard InChI is InChI=1S/C66H50N2/c1-65(2)59-25-11-8-22-53(59)55-36-33-51(41-61(55)65)67(52-34-37-56-54-23-9-12-26-60(54)66(3,4)62(56)42-52)49-31-28-44(29-32-49)48-30-35-58-57-24-10-13-27-63(57)68(64(58)40-48)50-21-15-20-47(39-50)46-19-14-18-45(38-46)43-16-6-5-7-17-43/h5-42H,1-4H3. The summed E-state index contributed by atoms with van der Waals surface area (Å²) in [6.07, 6.45) is 0. The van der Waals surface area contributed by atoms with Crippen LogP contribution in [0.5, 0.6) is 0 Å². The molecular weight excluding hydrogens is 821 g/mol. The Morgan fingerprint density at radius 1 is 0.294 bits per heavy atom. The number of benzene rings is 10. The van der Waals surface area contributed by atoms with Gasteiger partial charge in [-0.3, -0.25) is 0 Å². The second kappa shape index (κ2) is 15.2. The molecule has 13 rings (SSSR count). The smallest absolute Gasteiger partial charge is 0.0547 e. The molecule has 0 spiro atoms. The molecule has 0 amide bonds. The van der Waals surface area contributed by atoms with Gasteiger partial charge in [-0.05, 0) is 145 Å². The topological polar surface area (TPSA) is 8.17 Å². The highest BCUT2D eigenvalue weighted by Gasteiger charge is 2.37. The average Bonchev–Trinajstić information content (AvgIpc) is 3.93. The van der Waals surface area contributed by atoms with Crippen molar-refractivity contribution in [1.29, 1.82) is 0 Å². The van der Waals surface area contributed by atoms with E-state index in [-0.39, 0.29) is 10.8 Å². The molecule has 2 aliphatic rings. The van der Waals surface area contributed by atoms with E-state index in [0.29, 0.717) is 0 Å². The van der Waals surface area contributed by atoms with E-state index in [1.54, 1.807) is 0 Å². The van der Waals surface area contributed by atoms with Gasteiger partial charge < -0.3 is 9.47 Å². The maximum absolute atomic E-state index is 2.46. The monoisotopic (exact) mass is 870 g/mol. The summed E-state index contributed by atoms with van der Waals surface area (Å²) in [5, 5.41) is 2.49. The normalized spacial score (nSPS) is 13.8. The van der Waals surface area contributed by atoms with Crippen LogP contribution < -0.4 is 4.90 Å². The maximum atomic E-state index is 2.46. The van der Waals surface area contributed by atoms with Gasteiger partial charge in [-0.1, -0.05) is 191 Å². The van der Waals surface area contributed by atoms with Crippen molar-refractivity contribution in [1.82, 2.24) is 4.57 Å². The Kier molecular flexibility index (Phi) is 8.95. The first kappa shape index (κ1) is 40.1. The van der Waals surface area contributed by atoms with Gasteiger partial charge in [0.25, 0.3) is 0 Å². The summed E-state index contributed by atoms with van der Waals surface area (Å²) in [6, 6.07) is 85.6. The highest BCUT2D eigenvalue weighted by atomic mass is 15.1. The molecule has 0 saturated heterocycles. The van der Waals surface area contributed by atoms with Crippen molar-refractivity contribution >= 4 is 38.9 Å². The van der Waals surface area contributed by atoms with Crippen molar-refractivity contribution < 1.29 is 0 Å². The number of nitrogens with zero attached hydrogens (tertiary/aromatic N) is 2. The van der Waals surface area contributed by atoms with Crippen LogP contribution >= 0.6 is 0 Å². The second-order valence-corrected chi connectivity index (χ2v) is 19.8. The lowest BCUT2D eigenvalue weighted by Crippen LogP contribution is -2.18. The van der Waals surface area contributed by atoms with E-state index in [1.807, 2.05) is 0 Å². The van der Waals surface area contributed by atoms with Gasteiger partial charge in [0.15, 0.2) is 0 Å². The van der Waals surface area contributed by atoms with Crippen molar-refractivity contribution in [2.24, 2.45) is 0 Å². The van der Waals surface area contributed by atoms with Gasteiger partial charge in [-0.2, -0.15) is 0 Å². The largest absolute Gasteiger partial charge is 0.310 e. The Bertz CT molecular complexity index is 3680. The van der Waals surface area contributed by atoms with E-state index >= 15 is 0 Å². The summed E-state index contributed by atoms with van der Waals surface area (Å²) < 4.78 is 2.44. The lowest BCUT2D eigenvalue weighted by Gasteiger charge is -2.30. The zero-order chi connectivity index (χ0) is 45.7. The van der Waals surface area contributed by atoms with Gasteiger partial charge in [0, 0.05) is 44.4 Å². The van der Waals surface area contributed by atoms with Crippen molar-refractivity contribution in [2.75, 3.05) is 4.90 Å². The quantitative estimate of drug-likeness (QED) is 0.155. The minimum absolute atomic E-state index is 0.116. The molecule has 1 aromatic heterocycles. The van der Waals surface area contributed by atoms with Crippen molar-refractivity contribution in [3.05, 3.63) is 253 Å². The molecule has 10 aromatic carbocycles.